The Hall–Kier alpha value is -5.86. The second kappa shape index (κ2) is 28.5. The van der Waals surface area contributed by atoms with E-state index in [1.165, 1.54) is 21.2 Å². The van der Waals surface area contributed by atoms with Crippen molar-refractivity contribution in [1.82, 2.24) is 0 Å². The van der Waals surface area contributed by atoms with Crippen LogP contribution in [0, 0.1) is 0 Å². The molecule has 0 unspecified atom stereocenters. The van der Waals surface area contributed by atoms with Crippen LogP contribution in [0.4, 0.5) is 0 Å². The topological polar surface area (TPSA) is 148 Å². The second-order valence-electron chi connectivity index (χ2n) is 32.7. The number of carbonyl (C=O) groups is 2. The van der Waals surface area contributed by atoms with Crippen LogP contribution in [0.5, 0.6) is 46.0 Å². The van der Waals surface area contributed by atoms with Gasteiger partial charge in [-0.2, -0.15) is 0 Å². The monoisotopic (exact) mass is 1400 g/mol. The zero-order valence-electron chi connectivity index (χ0n) is 61.7. The molecule has 0 radical (unpaired) electrons. The molecule has 0 saturated heterocycles. The first-order chi connectivity index (χ1) is 42.0. The Morgan fingerprint density at radius 2 is 0.516 bits per heavy atom. The van der Waals surface area contributed by atoms with Crippen molar-refractivity contribution in [2.45, 2.75) is 223 Å². The Labute approximate surface area is 573 Å². The fourth-order valence-corrected chi connectivity index (χ4v) is 17.9. The van der Waals surface area contributed by atoms with Gasteiger partial charge >= 0.3 is 0 Å². The molecule has 2 aliphatic rings. The number of aliphatic carboxylic acids is 2. The number of ether oxygens (including phenoxy) is 8. The molecule has 0 atom stereocenters. The van der Waals surface area contributed by atoms with E-state index in [0.29, 0.717) is 23.0 Å². The van der Waals surface area contributed by atoms with E-state index in [1.807, 2.05) is 28.4 Å². The Bertz CT molecular complexity index is 3150. The van der Waals surface area contributed by atoms with Gasteiger partial charge in [-0.1, -0.05) is 166 Å². The number of rotatable bonds is 11. The van der Waals surface area contributed by atoms with E-state index in [2.05, 4.69) is 239 Å². The molecule has 2 N–H and O–H groups in total. The third kappa shape index (κ3) is 17.2. The molecule has 0 amide bonds. The number of carboxylic acid groups (broad SMARTS) is 2. The Morgan fingerprint density at radius 3 is 0.667 bits per heavy atom. The minimum atomic E-state index is -2.12. The zero-order valence-corrected chi connectivity index (χ0v) is 65.4. The van der Waals surface area contributed by atoms with Gasteiger partial charge in [-0.15, -0.1) is 0 Å². The largest absolute Gasteiger partial charge is 0.496 e. The summed E-state index contributed by atoms with van der Waals surface area (Å²) in [5.41, 5.74) is 8.99. The summed E-state index contributed by atoms with van der Waals surface area (Å²) in [6.07, 6.45) is 0. The van der Waals surface area contributed by atoms with E-state index < -0.39 is 27.8 Å². The molecule has 8 rings (SSSR count). The summed E-state index contributed by atoms with van der Waals surface area (Å²) in [5, 5.41) is 22.1. The first-order valence-corrected chi connectivity index (χ1v) is 35.0. The van der Waals surface area contributed by atoms with E-state index in [4.69, 9.17) is 57.7 Å². The maximum Gasteiger partial charge on any atom is 0.300 e. The van der Waals surface area contributed by atoms with Gasteiger partial charge in [0, 0.05) is 77.8 Å². The van der Waals surface area contributed by atoms with Gasteiger partial charge in [-0.05, 0) is 116 Å². The van der Waals surface area contributed by atoms with Crippen molar-refractivity contribution in [3.8, 4) is 57.1 Å². The van der Waals surface area contributed by atoms with Gasteiger partial charge in [0.2, 0.25) is 13.6 Å². The second-order valence-corrected chi connectivity index (χ2v) is 37.5. The normalized spacial score (nSPS) is 13.4. The third-order valence-corrected chi connectivity index (χ3v) is 22.0. The van der Waals surface area contributed by atoms with Crippen LogP contribution in [-0.2, 0) is 72.4 Å². The predicted molar refractivity (Wildman–Crippen MR) is 387 cm³/mol. The fraction of sp³-hybridized carbons (Fsp3) is 0.513. The summed E-state index contributed by atoms with van der Waals surface area (Å²) in [4.78, 5) is 18.0. The number of hydrogen-bond acceptors (Lipinski definition) is 10. The van der Waals surface area contributed by atoms with E-state index >= 15 is 0 Å². The summed E-state index contributed by atoms with van der Waals surface area (Å²) >= 11 is 0. The van der Waals surface area contributed by atoms with Crippen LogP contribution < -0.4 is 69.7 Å². The summed E-state index contributed by atoms with van der Waals surface area (Å²) in [7, 11) is 3.05. The molecule has 2 heterocycles. The Morgan fingerprint density at radius 1 is 0.344 bits per heavy atom. The number of benzene rings is 6. The molecule has 6 aromatic carbocycles. The zero-order chi connectivity index (χ0) is 69.7. The van der Waals surface area contributed by atoms with E-state index in [0.717, 1.165) is 103 Å². The predicted octanol–water partition coefficient (Wildman–Crippen LogP) is 16.4. The molecule has 12 nitrogen and oxygen atoms in total. The molecular weight excluding hydrogens is 1290 g/mol. The van der Waals surface area contributed by atoms with Gasteiger partial charge in [-0.25, -0.2) is 0 Å². The van der Waals surface area contributed by atoms with Gasteiger partial charge in [0.15, 0.2) is 23.0 Å². The standard InChI is InChI=1S/C74H100O8P2.2C2H4O2.Ru/c1-67(2,3)47-33-43(34-48(61(47)75-25)68(4,5)6)83(44-35-49(69(7,8)9)62(76-26)50(36-44)70(10,11)12)57-31-29-55-65(81-41-79-55)59(57)60-58(32-30-56-66(60)82-42-80-56)84(45-37-51(71(13,14)15)63(77-27)52(38-45)72(16,17)18)46-39-53(73(19,20)21)64(78-28)54(40-46)74(22,23)24;2*1-2(3)4;/h29-40H,41-42H2,1-28H3;2*1H3,(H,3,4);/p+2. The molecule has 0 fully saturated rings. The molecule has 15 heteroatoms. The summed E-state index contributed by atoms with van der Waals surface area (Å²) in [6, 6.07) is 28.6. The van der Waals surface area contributed by atoms with Gasteiger partial charge < -0.3 is 48.1 Å². The molecule has 2 aliphatic heterocycles. The molecule has 0 bridgehead atoms. The van der Waals surface area contributed by atoms with Crippen molar-refractivity contribution >= 4 is 59.6 Å². The van der Waals surface area contributed by atoms with Crippen LogP contribution in [0.1, 0.15) is 225 Å². The van der Waals surface area contributed by atoms with Gasteiger partial charge in [0.25, 0.3) is 11.9 Å². The van der Waals surface area contributed by atoms with Gasteiger partial charge in [-0.3, -0.25) is 9.59 Å². The van der Waals surface area contributed by atoms with E-state index in [1.54, 1.807) is 0 Å². The number of carboxylic acids is 2. The van der Waals surface area contributed by atoms with Crippen LogP contribution in [0.3, 0.4) is 0 Å². The molecule has 6 aromatic rings. The van der Waals surface area contributed by atoms with Crippen molar-refractivity contribution in [3.63, 3.8) is 0 Å². The summed E-state index contributed by atoms with van der Waals surface area (Å²) < 4.78 is 53.2. The van der Waals surface area contributed by atoms with Gasteiger partial charge in [0.1, 0.15) is 54.8 Å². The minimum absolute atomic E-state index is 0. The molecular formula is C78H110O12P2Ru+2. The maximum absolute atomic E-state index is 9.00. The first-order valence-electron chi connectivity index (χ1n) is 32.0. The SMILES string of the molecule is CC(=O)O.CC(=O)O.COc1c(C(C)(C)C)cc([PH+](c2cc(C(C)(C)C)c(OC)c(C(C)(C)C)c2)c2ccc3c(c2-c2c([PH+](c4cc(C(C)(C)C)c(OC)c(C(C)(C)C)c4)c4cc(C(C)(C)C)c(OC)c(C(C)(C)C)c4)ccc4c2OCO4)OCO3)cc1C(C)(C)C.[Ru]. The van der Waals surface area contributed by atoms with E-state index in [-0.39, 0.29) is 76.4 Å². The third-order valence-electron chi connectivity index (χ3n) is 16.7. The van der Waals surface area contributed by atoms with Crippen molar-refractivity contribution in [3.05, 3.63) is 117 Å². The molecule has 93 heavy (non-hydrogen) atoms. The minimum Gasteiger partial charge on any atom is -0.496 e. The Kier molecular flexibility index (Phi) is 23.8. The van der Waals surface area contributed by atoms with Crippen LogP contribution in [-0.4, -0.2) is 64.2 Å². The molecule has 0 spiro atoms. The van der Waals surface area contributed by atoms with Crippen LogP contribution >= 0.6 is 15.8 Å². The molecule has 0 aliphatic carbocycles. The molecule has 0 aromatic heterocycles. The Balaban J connectivity index is 0.00000165. The van der Waals surface area contributed by atoms with Crippen molar-refractivity contribution in [2.24, 2.45) is 0 Å². The maximum atomic E-state index is 9.00. The number of fused-ring (bicyclic) bond motifs is 2. The van der Waals surface area contributed by atoms with E-state index in [9.17, 15) is 0 Å². The average Bonchev–Trinajstić information content (AvgIpc) is 1.67. The summed E-state index contributed by atoms with van der Waals surface area (Å²) in [6.45, 7) is 57.5. The molecule has 510 valence electrons. The summed E-state index contributed by atoms with van der Waals surface area (Å²) in [5.74, 6) is 4.83. The van der Waals surface area contributed by atoms with Crippen molar-refractivity contribution < 1.29 is 77.2 Å². The first kappa shape index (κ1) is 77.8. The average molecular weight is 1400 g/mol. The molecule has 0 saturated carbocycles. The van der Waals surface area contributed by atoms with Crippen LogP contribution in [0.2, 0.25) is 0 Å². The van der Waals surface area contributed by atoms with Crippen LogP contribution in [0.25, 0.3) is 11.1 Å². The van der Waals surface area contributed by atoms with Crippen molar-refractivity contribution in [2.75, 3.05) is 42.0 Å². The van der Waals surface area contributed by atoms with Gasteiger partial charge in [0.05, 0.1) is 55.4 Å². The number of methoxy groups -OCH3 is 4. The number of hydrogen-bond donors (Lipinski definition) is 2. The van der Waals surface area contributed by atoms with Crippen molar-refractivity contribution in [1.29, 1.82) is 0 Å². The quantitative estimate of drug-likeness (QED) is 0.0939. The fourth-order valence-electron chi connectivity index (χ4n) is 12.2. The smallest absolute Gasteiger partial charge is 0.300 e. The van der Waals surface area contributed by atoms with Crippen LogP contribution in [0.15, 0.2) is 72.8 Å².